The minimum atomic E-state index is -0.798. The highest BCUT2D eigenvalue weighted by Crippen LogP contribution is 2.59. The van der Waals surface area contributed by atoms with E-state index in [2.05, 4.69) is 6.92 Å². The largest absolute Gasteiger partial charge is 0.321 e. The van der Waals surface area contributed by atoms with Gasteiger partial charge in [-0.3, -0.25) is 4.79 Å². The average molecular weight is 392 g/mol. The number of benzene rings is 1. The Hall–Kier alpha value is -1.14. The summed E-state index contributed by atoms with van der Waals surface area (Å²) in [5, 5.41) is 0.692. The van der Waals surface area contributed by atoms with Crippen molar-refractivity contribution in [3.63, 3.8) is 0 Å². The zero-order chi connectivity index (χ0) is 18.8. The Bertz CT molecular complexity index is 751. The van der Waals surface area contributed by atoms with E-state index in [1.165, 1.54) is 0 Å². The summed E-state index contributed by atoms with van der Waals surface area (Å²) in [6, 6.07) is 7.65. The molecule has 1 spiro atoms. The van der Waals surface area contributed by atoms with Gasteiger partial charge in [-0.25, -0.2) is 9.78 Å². The molecule has 6 rings (SSSR count). The Morgan fingerprint density at radius 1 is 1.19 bits per heavy atom. The molecule has 5 fully saturated rings. The number of fused-ring (bicyclic) bond motifs is 2. The molecule has 27 heavy (non-hydrogen) atoms. The third-order valence-electron chi connectivity index (χ3n) is 7.18. The lowest BCUT2D eigenvalue weighted by Gasteiger charge is -2.60. The number of nitrogens with zero attached hydrogens (tertiary/aromatic N) is 1. The van der Waals surface area contributed by atoms with Crippen LogP contribution in [0.15, 0.2) is 24.3 Å². The van der Waals surface area contributed by atoms with Gasteiger partial charge in [0.15, 0.2) is 11.8 Å². The standard InChI is InChI=1S/C21H26ClNO4/c1-13-3-6-15-11-18(24)23(12-14-4-7-16(22)8-5-14)19-21(15)17(13)9-10-20(2,25-19)26-27-21/h4-5,7-8,13,15,17,19H,3,6,9-12H2,1-2H3/t13-,15+,17+,19-,20-,21+/m1/s1. The smallest absolute Gasteiger partial charge is 0.225 e. The van der Waals surface area contributed by atoms with Crippen LogP contribution >= 0.6 is 11.6 Å². The molecule has 4 heterocycles. The average Bonchev–Trinajstić information content (AvgIpc) is 2.88. The molecular formula is C21H26ClNO4. The van der Waals surface area contributed by atoms with E-state index >= 15 is 0 Å². The van der Waals surface area contributed by atoms with Crippen LogP contribution in [0.25, 0.3) is 0 Å². The summed E-state index contributed by atoms with van der Waals surface area (Å²) in [6.45, 7) is 4.73. The minimum absolute atomic E-state index is 0.138. The van der Waals surface area contributed by atoms with Gasteiger partial charge < -0.3 is 9.64 Å². The van der Waals surface area contributed by atoms with E-state index in [4.69, 9.17) is 26.1 Å². The van der Waals surface area contributed by atoms with Crippen molar-refractivity contribution in [2.75, 3.05) is 0 Å². The first-order valence-corrected chi connectivity index (χ1v) is 10.4. The van der Waals surface area contributed by atoms with Crippen LogP contribution in [0.5, 0.6) is 0 Å². The second-order valence-corrected chi connectivity index (χ2v) is 9.31. The predicted molar refractivity (Wildman–Crippen MR) is 99.4 cm³/mol. The summed E-state index contributed by atoms with van der Waals surface area (Å²) >= 11 is 6.02. The molecule has 0 unspecified atom stereocenters. The van der Waals surface area contributed by atoms with E-state index in [1.807, 2.05) is 36.1 Å². The molecule has 1 amide bonds. The zero-order valence-electron chi connectivity index (χ0n) is 15.8. The lowest BCUT2D eigenvalue weighted by Crippen LogP contribution is -2.72. The molecule has 1 aromatic carbocycles. The van der Waals surface area contributed by atoms with Crippen molar-refractivity contribution in [3.05, 3.63) is 34.9 Å². The number of hydrogen-bond acceptors (Lipinski definition) is 4. The van der Waals surface area contributed by atoms with Crippen LogP contribution in [0.3, 0.4) is 0 Å². The Balaban J connectivity index is 1.56. The Kier molecular flexibility index (Phi) is 4.10. The van der Waals surface area contributed by atoms with Gasteiger partial charge in [-0.15, -0.1) is 0 Å². The molecule has 1 aliphatic carbocycles. The summed E-state index contributed by atoms with van der Waals surface area (Å²) < 4.78 is 6.49. The quantitative estimate of drug-likeness (QED) is 0.706. The minimum Gasteiger partial charge on any atom is -0.321 e. The van der Waals surface area contributed by atoms with Crippen LogP contribution in [-0.2, 0) is 25.9 Å². The molecule has 2 bridgehead atoms. The normalized spacial score (nSPS) is 43.4. The van der Waals surface area contributed by atoms with Crippen molar-refractivity contribution in [2.24, 2.45) is 17.8 Å². The fourth-order valence-corrected chi connectivity index (χ4v) is 5.84. The fourth-order valence-electron chi connectivity index (χ4n) is 5.72. The highest BCUT2D eigenvalue weighted by atomic mass is 35.5. The fraction of sp³-hybridized carbons (Fsp3) is 0.667. The molecule has 4 saturated heterocycles. The van der Waals surface area contributed by atoms with E-state index in [9.17, 15) is 4.79 Å². The molecular weight excluding hydrogens is 366 g/mol. The summed E-state index contributed by atoms with van der Waals surface area (Å²) in [7, 11) is 0. The second kappa shape index (κ2) is 6.18. The van der Waals surface area contributed by atoms with Crippen molar-refractivity contribution < 1.29 is 19.3 Å². The van der Waals surface area contributed by atoms with Gasteiger partial charge in [-0.1, -0.05) is 30.7 Å². The summed E-state index contributed by atoms with van der Waals surface area (Å²) in [6.07, 6.45) is 4.00. The Morgan fingerprint density at radius 3 is 2.74 bits per heavy atom. The van der Waals surface area contributed by atoms with Gasteiger partial charge in [-0.2, -0.15) is 0 Å². The van der Waals surface area contributed by atoms with Crippen LogP contribution in [0.1, 0.15) is 51.5 Å². The maximum absolute atomic E-state index is 13.1. The van der Waals surface area contributed by atoms with Gasteiger partial charge in [0.25, 0.3) is 0 Å². The zero-order valence-corrected chi connectivity index (χ0v) is 16.6. The van der Waals surface area contributed by atoms with E-state index in [-0.39, 0.29) is 11.8 Å². The molecule has 0 N–H and O–H groups in total. The third-order valence-corrected chi connectivity index (χ3v) is 7.44. The SMILES string of the molecule is C[C@@H]1CC[C@H]2CC(=O)N(Cc3ccc(Cl)cc3)[C@@H]3O[C@@]4(C)CC[C@@H]1[C@@]23OO4. The van der Waals surface area contributed by atoms with Crippen molar-refractivity contribution >= 4 is 17.5 Å². The number of carbonyl (C=O) groups excluding carboxylic acids is 1. The van der Waals surface area contributed by atoms with E-state index < -0.39 is 17.6 Å². The van der Waals surface area contributed by atoms with E-state index in [0.717, 1.165) is 31.2 Å². The molecule has 6 atom stereocenters. The first-order valence-electron chi connectivity index (χ1n) is 10.00. The molecule has 0 radical (unpaired) electrons. The van der Waals surface area contributed by atoms with Gasteiger partial charge >= 0.3 is 0 Å². The summed E-state index contributed by atoms with van der Waals surface area (Å²) in [5.41, 5.74) is 0.478. The van der Waals surface area contributed by atoms with E-state index in [1.54, 1.807) is 0 Å². The highest BCUT2D eigenvalue weighted by Gasteiger charge is 2.68. The van der Waals surface area contributed by atoms with E-state index in [0.29, 0.717) is 29.8 Å². The van der Waals surface area contributed by atoms with Crippen molar-refractivity contribution in [3.8, 4) is 0 Å². The molecule has 5 aliphatic rings. The van der Waals surface area contributed by atoms with Gasteiger partial charge in [0, 0.05) is 30.3 Å². The van der Waals surface area contributed by atoms with Crippen LogP contribution < -0.4 is 0 Å². The van der Waals surface area contributed by atoms with Crippen LogP contribution in [-0.4, -0.2) is 28.4 Å². The number of amides is 1. The molecule has 0 aromatic heterocycles. The molecule has 146 valence electrons. The highest BCUT2D eigenvalue weighted by molar-refractivity contribution is 6.30. The number of likely N-dealkylation sites (tertiary alicyclic amines) is 1. The van der Waals surface area contributed by atoms with Crippen LogP contribution in [0, 0.1) is 17.8 Å². The monoisotopic (exact) mass is 391 g/mol. The first-order chi connectivity index (χ1) is 12.9. The Labute approximate surface area is 164 Å². The lowest BCUT2D eigenvalue weighted by atomic mass is 9.59. The van der Waals surface area contributed by atoms with Gasteiger partial charge in [0.2, 0.25) is 11.7 Å². The Morgan fingerprint density at radius 2 is 1.96 bits per heavy atom. The van der Waals surface area contributed by atoms with Gasteiger partial charge in [0.05, 0.1) is 0 Å². The number of rotatable bonds is 2. The number of carbonyl (C=O) groups is 1. The topological polar surface area (TPSA) is 48.0 Å². The number of hydrogen-bond donors (Lipinski definition) is 0. The second-order valence-electron chi connectivity index (χ2n) is 8.87. The van der Waals surface area contributed by atoms with Crippen molar-refractivity contribution in [1.29, 1.82) is 0 Å². The number of halogens is 1. The van der Waals surface area contributed by atoms with Gasteiger partial charge in [-0.05, 0) is 55.7 Å². The van der Waals surface area contributed by atoms with Crippen LogP contribution in [0.2, 0.25) is 5.02 Å². The number of piperidine rings is 1. The lowest BCUT2D eigenvalue weighted by molar-refractivity contribution is -0.546. The number of ether oxygens (including phenoxy) is 1. The molecule has 6 heteroatoms. The first kappa shape index (κ1) is 17.9. The van der Waals surface area contributed by atoms with Crippen LogP contribution in [0.4, 0.5) is 0 Å². The third kappa shape index (κ3) is 2.66. The maximum Gasteiger partial charge on any atom is 0.225 e. The van der Waals surface area contributed by atoms with Crippen molar-refractivity contribution in [2.45, 2.75) is 70.1 Å². The molecule has 1 saturated carbocycles. The van der Waals surface area contributed by atoms with Crippen molar-refractivity contribution in [1.82, 2.24) is 4.90 Å². The predicted octanol–water partition coefficient (Wildman–Crippen LogP) is 4.29. The molecule has 4 aliphatic heterocycles. The van der Waals surface area contributed by atoms with Gasteiger partial charge in [0.1, 0.15) is 0 Å². The maximum atomic E-state index is 13.1. The molecule has 5 nitrogen and oxygen atoms in total. The summed E-state index contributed by atoms with van der Waals surface area (Å²) in [5.74, 6) is 0.361. The molecule has 1 aromatic rings. The summed E-state index contributed by atoms with van der Waals surface area (Å²) in [4.78, 5) is 27.0.